The van der Waals surface area contributed by atoms with Crippen molar-refractivity contribution in [1.29, 1.82) is 0 Å². The summed E-state index contributed by atoms with van der Waals surface area (Å²) in [5.41, 5.74) is 8.00. The molecule has 5 rings (SSSR count). The number of carbonyl (C=O) groups is 1. The average Bonchev–Trinajstić information content (AvgIpc) is 2.83. The topological polar surface area (TPSA) is 146 Å². The van der Waals surface area contributed by atoms with E-state index in [-0.39, 0.29) is 29.3 Å². The predicted molar refractivity (Wildman–Crippen MR) is 144 cm³/mol. The highest BCUT2D eigenvalue weighted by molar-refractivity contribution is 7.91. The number of nitrogens with zero attached hydrogens (tertiary/aromatic N) is 3. The molecule has 1 aliphatic heterocycles. The van der Waals surface area contributed by atoms with Crippen LogP contribution < -0.4 is 15.8 Å². The number of cyclic esters (lactones) is 1. The van der Waals surface area contributed by atoms with Gasteiger partial charge in [-0.25, -0.2) is 28.2 Å². The second kappa shape index (κ2) is 9.46. The molecule has 3 aromatic heterocycles. The van der Waals surface area contributed by atoms with Gasteiger partial charge in [-0.1, -0.05) is 13.8 Å². The third-order valence-electron chi connectivity index (χ3n) is 7.85. The first-order chi connectivity index (χ1) is 17.9. The molecule has 202 valence electrons. The maximum atomic E-state index is 12.3. The van der Waals surface area contributed by atoms with Crippen LogP contribution in [-0.4, -0.2) is 53.1 Å². The summed E-state index contributed by atoms with van der Waals surface area (Å²) in [7, 11) is -3.08. The summed E-state index contributed by atoms with van der Waals surface area (Å²) in [5.74, 6) is 1.11. The fourth-order valence-electron chi connectivity index (χ4n) is 4.79. The zero-order valence-electron chi connectivity index (χ0n) is 22.2. The van der Waals surface area contributed by atoms with Crippen molar-refractivity contribution in [2.75, 3.05) is 11.6 Å². The lowest BCUT2D eigenvalue weighted by Crippen LogP contribution is -2.42. The SMILES string of the molecule is CC[C@@](C)(N)c1cnc(OC2CC(S(C)(=O)=O)C2)c2cnc(Nc3ccc4c(n3)[C@@H](C)[C@@H](C)OC4=O)cc12. The van der Waals surface area contributed by atoms with Gasteiger partial charge in [-0.2, -0.15) is 0 Å². The molecule has 1 saturated carbocycles. The van der Waals surface area contributed by atoms with Gasteiger partial charge >= 0.3 is 5.97 Å². The maximum Gasteiger partial charge on any atom is 0.340 e. The molecule has 0 radical (unpaired) electrons. The zero-order valence-corrected chi connectivity index (χ0v) is 23.0. The van der Waals surface area contributed by atoms with Crippen molar-refractivity contribution < 1.29 is 22.7 Å². The summed E-state index contributed by atoms with van der Waals surface area (Å²) in [6, 6.07) is 5.33. The molecule has 1 aliphatic carbocycles. The fourth-order valence-corrected chi connectivity index (χ4v) is 5.92. The number of fused-ring (bicyclic) bond motifs is 2. The first-order valence-electron chi connectivity index (χ1n) is 12.8. The summed E-state index contributed by atoms with van der Waals surface area (Å²) >= 11 is 0. The molecular formula is C27H33N5O5S. The Morgan fingerprint density at radius 3 is 2.58 bits per heavy atom. The lowest BCUT2D eigenvalue weighted by Gasteiger charge is -2.34. The molecule has 38 heavy (non-hydrogen) atoms. The number of anilines is 2. The van der Waals surface area contributed by atoms with E-state index >= 15 is 0 Å². The van der Waals surface area contributed by atoms with Crippen LogP contribution in [0.4, 0.5) is 11.6 Å². The Labute approximate surface area is 222 Å². The standard InChI is InChI=1S/C27H33N5O5S/c1-6-27(4,28)21-13-30-25(37-16-9-17(10-16)38(5,34)35)20-12-29-23(11-19(20)21)31-22-8-7-18-24(32-22)14(2)15(3)36-26(18)33/h7-8,11-17H,6,9-10,28H2,1-5H3,(H,29,31,32)/t14-,15+,16?,17?,27+/m0/s1. The molecule has 3 aromatic rings. The first kappa shape index (κ1) is 26.3. The number of esters is 1. The Hall–Kier alpha value is -3.31. The monoisotopic (exact) mass is 539 g/mol. The maximum absolute atomic E-state index is 12.3. The molecule has 10 nitrogen and oxygen atoms in total. The molecule has 0 spiro atoms. The van der Waals surface area contributed by atoms with Crippen LogP contribution in [0.3, 0.4) is 0 Å². The molecule has 11 heteroatoms. The van der Waals surface area contributed by atoms with E-state index in [2.05, 4.69) is 15.3 Å². The van der Waals surface area contributed by atoms with Gasteiger partial charge in [-0.3, -0.25) is 0 Å². The van der Waals surface area contributed by atoms with Crippen LogP contribution in [0.1, 0.15) is 74.5 Å². The fraction of sp³-hybridized carbons (Fsp3) is 0.481. The number of carbonyl (C=O) groups excluding carboxylic acids is 1. The van der Waals surface area contributed by atoms with Gasteiger partial charge < -0.3 is 20.5 Å². The van der Waals surface area contributed by atoms with Crippen LogP contribution in [0.25, 0.3) is 10.8 Å². The third kappa shape index (κ3) is 4.80. The van der Waals surface area contributed by atoms with Crippen LogP contribution in [0, 0.1) is 0 Å². The number of nitrogens with two attached hydrogens (primary N) is 1. The molecule has 4 heterocycles. The third-order valence-corrected chi connectivity index (χ3v) is 9.45. The van der Waals surface area contributed by atoms with Crippen molar-refractivity contribution in [3.8, 4) is 5.88 Å². The largest absolute Gasteiger partial charge is 0.474 e. The lowest BCUT2D eigenvalue weighted by molar-refractivity contribution is 0.0235. The Kier molecular flexibility index (Phi) is 6.55. The minimum Gasteiger partial charge on any atom is -0.474 e. The Balaban J connectivity index is 1.48. The highest BCUT2D eigenvalue weighted by Gasteiger charge is 2.38. The summed E-state index contributed by atoms with van der Waals surface area (Å²) in [5, 5.41) is 4.41. The van der Waals surface area contributed by atoms with E-state index in [0.717, 1.165) is 10.9 Å². The van der Waals surface area contributed by atoms with Crippen LogP contribution >= 0.6 is 0 Å². The summed E-state index contributed by atoms with van der Waals surface area (Å²) < 4.78 is 35.1. The van der Waals surface area contributed by atoms with Crippen molar-refractivity contribution in [3.05, 3.63) is 47.4 Å². The van der Waals surface area contributed by atoms with Crippen LogP contribution in [-0.2, 0) is 20.1 Å². The molecule has 0 saturated heterocycles. The van der Waals surface area contributed by atoms with Gasteiger partial charge in [0.15, 0.2) is 9.84 Å². The van der Waals surface area contributed by atoms with E-state index in [1.54, 1.807) is 24.5 Å². The van der Waals surface area contributed by atoms with Crippen LogP contribution in [0.2, 0.25) is 0 Å². The number of sulfone groups is 1. The first-order valence-corrected chi connectivity index (χ1v) is 14.8. The highest BCUT2D eigenvalue weighted by atomic mass is 32.2. The van der Waals surface area contributed by atoms with Gasteiger partial charge in [-0.15, -0.1) is 0 Å². The number of ether oxygens (including phenoxy) is 2. The van der Waals surface area contributed by atoms with Crippen LogP contribution in [0.5, 0.6) is 5.88 Å². The smallest absolute Gasteiger partial charge is 0.340 e. The summed E-state index contributed by atoms with van der Waals surface area (Å²) in [6.45, 7) is 7.80. The van der Waals surface area contributed by atoms with E-state index in [0.29, 0.717) is 53.4 Å². The summed E-state index contributed by atoms with van der Waals surface area (Å²) in [6.07, 6.45) is 5.75. The van der Waals surface area contributed by atoms with Gasteiger partial charge in [0.1, 0.15) is 23.8 Å². The number of hydrogen-bond acceptors (Lipinski definition) is 10. The minimum atomic E-state index is -3.08. The van der Waals surface area contributed by atoms with Gasteiger partial charge in [0.25, 0.3) is 0 Å². The van der Waals surface area contributed by atoms with Crippen molar-refractivity contribution in [3.63, 3.8) is 0 Å². The van der Waals surface area contributed by atoms with E-state index in [1.165, 1.54) is 6.26 Å². The molecular weight excluding hydrogens is 506 g/mol. The Bertz CT molecular complexity index is 1520. The summed E-state index contributed by atoms with van der Waals surface area (Å²) in [4.78, 5) is 26.1. The molecule has 0 aromatic carbocycles. The van der Waals surface area contributed by atoms with Gasteiger partial charge in [0.2, 0.25) is 5.88 Å². The molecule has 0 amide bonds. The Morgan fingerprint density at radius 2 is 1.89 bits per heavy atom. The number of hydrogen-bond donors (Lipinski definition) is 2. The number of nitrogens with one attached hydrogen (secondary N) is 1. The molecule has 2 aliphatic rings. The Morgan fingerprint density at radius 1 is 1.16 bits per heavy atom. The van der Waals surface area contributed by atoms with Gasteiger partial charge in [0, 0.05) is 42.9 Å². The second-order valence-electron chi connectivity index (χ2n) is 10.7. The van der Waals surface area contributed by atoms with E-state index < -0.39 is 15.4 Å². The highest BCUT2D eigenvalue weighted by Crippen LogP contribution is 2.37. The van der Waals surface area contributed by atoms with Gasteiger partial charge in [-0.05, 0) is 49.4 Å². The van der Waals surface area contributed by atoms with E-state index in [4.69, 9.17) is 20.2 Å². The van der Waals surface area contributed by atoms with Crippen molar-refractivity contribution in [1.82, 2.24) is 15.0 Å². The normalized spacial score (nSPS) is 24.6. The van der Waals surface area contributed by atoms with E-state index in [1.807, 2.05) is 33.8 Å². The van der Waals surface area contributed by atoms with Crippen LogP contribution in [0.15, 0.2) is 30.6 Å². The predicted octanol–water partition coefficient (Wildman–Crippen LogP) is 3.97. The number of rotatable bonds is 7. The number of pyridine rings is 3. The average molecular weight is 540 g/mol. The second-order valence-corrected chi connectivity index (χ2v) is 13.0. The molecule has 1 fully saturated rings. The molecule has 0 unspecified atom stereocenters. The van der Waals surface area contributed by atoms with E-state index in [9.17, 15) is 13.2 Å². The molecule has 0 bridgehead atoms. The quantitative estimate of drug-likeness (QED) is 0.423. The lowest BCUT2D eigenvalue weighted by atomic mass is 9.88. The van der Waals surface area contributed by atoms with Crippen molar-refractivity contribution >= 4 is 38.2 Å². The van der Waals surface area contributed by atoms with Crippen molar-refractivity contribution in [2.45, 2.75) is 75.9 Å². The number of aromatic nitrogens is 3. The van der Waals surface area contributed by atoms with Gasteiger partial charge in [0.05, 0.1) is 21.9 Å². The minimum absolute atomic E-state index is 0.0392. The van der Waals surface area contributed by atoms with Crippen molar-refractivity contribution in [2.24, 2.45) is 5.73 Å². The zero-order chi connectivity index (χ0) is 27.4. The molecule has 3 N–H and O–H groups in total. The molecule has 3 atom stereocenters.